The number of phenolic OH excluding ortho intramolecular Hbond substituents is 1. The van der Waals surface area contributed by atoms with Gasteiger partial charge in [0.15, 0.2) is 28.4 Å². The van der Waals surface area contributed by atoms with Gasteiger partial charge in [-0.2, -0.15) is 0 Å². The number of nitrogens with one attached hydrogen (secondary N) is 1. The molecule has 3 rings (SSSR count). The second-order valence-electron chi connectivity index (χ2n) is 6.32. The number of nitrogens with two attached hydrogens (primary N) is 1. The molecule has 0 saturated carbocycles. The molecule has 4 N–H and O–H groups in total. The van der Waals surface area contributed by atoms with Gasteiger partial charge in [-0.05, 0) is 24.6 Å². The van der Waals surface area contributed by atoms with Crippen LogP contribution in [-0.2, 0) is 11.2 Å². The monoisotopic (exact) mass is 535 g/mol. The van der Waals surface area contributed by atoms with Gasteiger partial charge < -0.3 is 10.8 Å². The topological polar surface area (TPSA) is 105 Å². The third-order valence-corrected chi connectivity index (χ3v) is 5.69. The molecule has 168 valence electrons. The van der Waals surface area contributed by atoms with Crippen molar-refractivity contribution in [3.63, 3.8) is 0 Å². The molecule has 0 aliphatic heterocycles. The molecular formula is C19H11BrF5N3O3S. The summed E-state index contributed by atoms with van der Waals surface area (Å²) in [5, 5.41) is 11.9. The van der Waals surface area contributed by atoms with Crippen LogP contribution in [0.3, 0.4) is 0 Å². The van der Waals surface area contributed by atoms with E-state index in [1.807, 2.05) is 0 Å². The van der Waals surface area contributed by atoms with Crippen molar-refractivity contribution in [3.05, 3.63) is 62.2 Å². The molecule has 6 nitrogen and oxygen atoms in total. The maximum absolute atomic E-state index is 14.3. The lowest BCUT2D eigenvalue weighted by molar-refractivity contribution is -0.117. The van der Waals surface area contributed by atoms with Crippen LogP contribution < -0.4 is 11.1 Å². The molecule has 2 amide bonds. The second kappa shape index (κ2) is 9.20. The van der Waals surface area contributed by atoms with Crippen LogP contribution >= 0.6 is 27.3 Å². The molecule has 0 aliphatic rings. The van der Waals surface area contributed by atoms with Crippen molar-refractivity contribution in [3.8, 4) is 17.0 Å². The molecule has 0 radical (unpaired) electrons. The van der Waals surface area contributed by atoms with E-state index >= 15 is 0 Å². The Morgan fingerprint density at radius 2 is 1.66 bits per heavy atom. The first-order valence-electron chi connectivity index (χ1n) is 8.61. The van der Waals surface area contributed by atoms with Gasteiger partial charge in [-0.1, -0.05) is 15.9 Å². The minimum atomic E-state index is -2.34. The average molecular weight is 536 g/mol. The Morgan fingerprint density at radius 3 is 2.25 bits per heavy atom. The van der Waals surface area contributed by atoms with E-state index in [0.29, 0.717) is 15.8 Å². The van der Waals surface area contributed by atoms with Gasteiger partial charge in [-0.3, -0.25) is 14.9 Å². The molecule has 0 unspecified atom stereocenters. The largest absolute Gasteiger partial charge is 0.507 e. The first-order valence-corrected chi connectivity index (χ1v) is 10.2. The highest BCUT2D eigenvalue weighted by Crippen LogP contribution is 2.38. The highest BCUT2D eigenvalue weighted by atomic mass is 79.9. The number of anilines is 1. The quantitative estimate of drug-likeness (QED) is 0.243. The lowest BCUT2D eigenvalue weighted by Crippen LogP contribution is -2.12. The SMILES string of the molecule is NC(=O)CCc1sc(NC(=O)c2cc(Br)ccc2O)nc1-c1c(F)c(F)c(F)c(F)c1F. The maximum atomic E-state index is 14.3. The summed E-state index contributed by atoms with van der Waals surface area (Å²) in [7, 11) is 0. The van der Waals surface area contributed by atoms with Crippen LogP contribution in [0.1, 0.15) is 21.7 Å². The number of rotatable bonds is 6. The molecule has 0 saturated heterocycles. The fraction of sp³-hybridized carbons (Fsp3) is 0.105. The summed E-state index contributed by atoms with van der Waals surface area (Å²) >= 11 is 3.78. The van der Waals surface area contributed by atoms with Crippen molar-refractivity contribution in [1.29, 1.82) is 0 Å². The number of aromatic hydroxyl groups is 1. The standard InChI is InChI=1S/C19H11BrF5N3O3S/c20-6-1-2-8(29)7(5-6)18(31)28-19-27-17(9(32-19)3-4-10(26)30)11-12(21)14(23)16(25)15(24)13(11)22/h1-2,5,29H,3-4H2,(H2,26,30)(H,27,28,31). The summed E-state index contributed by atoms with van der Waals surface area (Å²) in [5.74, 6) is -12.9. The van der Waals surface area contributed by atoms with Crippen LogP contribution in [0.2, 0.25) is 0 Å². The van der Waals surface area contributed by atoms with E-state index in [4.69, 9.17) is 5.73 Å². The van der Waals surface area contributed by atoms with E-state index < -0.39 is 52.2 Å². The molecule has 13 heteroatoms. The third-order valence-electron chi connectivity index (χ3n) is 4.17. The number of phenols is 1. The summed E-state index contributed by atoms with van der Waals surface area (Å²) in [6.07, 6.45) is -0.551. The van der Waals surface area contributed by atoms with Gasteiger partial charge in [0.2, 0.25) is 11.7 Å². The number of hydrogen-bond donors (Lipinski definition) is 3. The van der Waals surface area contributed by atoms with E-state index in [1.54, 1.807) is 0 Å². The number of halogens is 6. The molecule has 3 aromatic rings. The second-order valence-corrected chi connectivity index (χ2v) is 8.32. The van der Waals surface area contributed by atoms with Crippen LogP contribution in [-0.4, -0.2) is 21.9 Å². The van der Waals surface area contributed by atoms with Crippen LogP contribution in [0.5, 0.6) is 5.75 Å². The van der Waals surface area contributed by atoms with Crippen LogP contribution in [0.4, 0.5) is 27.1 Å². The first kappa shape index (κ1) is 23.6. The Morgan fingerprint density at radius 1 is 1.06 bits per heavy atom. The van der Waals surface area contributed by atoms with Crippen molar-refractivity contribution >= 4 is 44.2 Å². The normalized spacial score (nSPS) is 10.9. The smallest absolute Gasteiger partial charge is 0.261 e. The number of hydrogen-bond acceptors (Lipinski definition) is 5. The van der Waals surface area contributed by atoms with E-state index in [1.165, 1.54) is 18.2 Å². The number of primary amides is 1. The fourth-order valence-corrected chi connectivity index (χ4v) is 4.00. The van der Waals surface area contributed by atoms with E-state index in [9.17, 15) is 36.6 Å². The number of nitrogens with zero attached hydrogens (tertiary/aromatic N) is 1. The lowest BCUT2D eigenvalue weighted by atomic mass is 10.1. The van der Waals surface area contributed by atoms with Gasteiger partial charge in [0.05, 0.1) is 16.8 Å². The van der Waals surface area contributed by atoms with Crippen molar-refractivity contribution in [2.45, 2.75) is 12.8 Å². The summed E-state index contributed by atoms with van der Waals surface area (Å²) in [5.41, 5.74) is 2.96. The number of aromatic nitrogens is 1. The first-order chi connectivity index (χ1) is 15.0. The summed E-state index contributed by atoms with van der Waals surface area (Å²) in [4.78, 5) is 27.4. The zero-order chi connectivity index (χ0) is 23.7. The lowest BCUT2D eigenvalue weighted by Gasteiger charge is -2.08. The van der Waals surface area contributed by atoms with Crippen molar-refractivity contribution in [2.75, 3.05) is 5.32 Å². The molecule has 32 heavy (non-hydrogen) atoms. The van der Waals surface area contributed by atoms with Crippen molar-refractivity contribution in [2.24, 2.45) is 5.73 Å². The predicted octanol–water partition coefficient (Wildman–Crippen LogP) is 4.64. The van der Waals surface area contributed by atoms with Crippen LogP contribution in [0.25, 0.3) is 11.3 Å². The molecular weight excluding hydrogens is 525 g/mol. The zero-order valence-corrected chi connectivity index (χ0v) is 18.0. The molecule has 1 heterocycles. The number of aryl methyl sites for hydroxylation is 1. The van der Waals surface area contributed by atoms with Crippen LogP contribution in [0, 0.1) is 29.1 Å². The predicted molar refractivity (Wildman–Crippen MR) is 109 cm³/mol. The van der Waals surface area contributed by atoms with Gasteiger partial charge in [-0.25, -0.2) is 26.9 Å². The third kappa shape index (κ3) is 4.58. The Balaban J connectivity index is 2.09. The molecule has 0 atom stereocenters. The van der Waals surface area contributed by atoms with Gasteiger partial charge >= 0.3 is 0 Å². The fourth-order valence-electron chi connectivity index (χ4n) is 2.67. The van der Waals surface area contributed by atoms with Gasteiger partial charge in [0.25, 0.3) is 5.91 Å². The van der Waals surface area contributed by atoms with E-state index in [-0.39, 0.29) is 34.2 Å². The highest BCUT2D eigenvalue weighted by Gasteiger charge is 2.30. The molecule has 1 aromatic heterocycles. The highest BCUT2D eigenvalue weighted by molar-refractivity contribution is 9.10. The van der Waals surface area contributed by atoms with Gasteiger partial charge in [0, 0.05) is 15.8 Å². The zero-order valence-electron chi connectivity index (χ0n) is 15.6. The van der Waals surface area contributed by atoms with Crippen molar-refractivity contribution < 1.29 is 36.6 Å². The summed E-state index contributed by atoms with van der Waals surface area (Å²) in [6.45, 7) is 0. The minimum absolute atomic E-state index is 0.0548. The number of amides is 2. The Hall–Kier alpha value is -3.06. The Labute approximate surface area is 189 Å². The minimum Gasteiger partial charge on any atom is -0.507 e. The number of thiazole rings is 1. The molecule has 0 spiro atoms. The number of carbonyl (C=O) groups excluding carboxylic acids is 2. The summed E-state index contributed by atoms with van der Waals surface area (Å²) < 4.78 is 69.9. The van der Waals surface area contributed by atoms with Gasteiger partial charge in [-0.15, -0.1) is 11.3 Å². The van der Waals surface area contributed by atoms with Crippen LogP contribution in [0.15, 0.2) is 22.7 Å². The van der Waals surface area contributed by atoms with Crippen molar-refractivity contribution in [1.82, 2.24) is 4.98 Å². The Kier molecular flexibility index (Phi) is 6.79. The Bertz CT molecular complexity index is 1220. The van der Waals surface area contributed by atoms with E-state index in [2.05, 4.69) is 26.2 Å². The molecule has 0 aliphatic carbocycles. The average Bonchev–Trinajstić information content (AvgIpc) is 3.13. The number of carbonyl (C=O) groups is 2. The molecule has 2 aromatic carbocycles. The van der Waals surface area contributed by atoms with E-state index in [0.717, 1.165) is 0 Å². The molecule has 0 fully saturated rings. The van der Waals surface area contributed by atoms with Gasteiger partial charge in [0.1, 0.15) is 5.75 Å². The number of benzene rings is 2. The maximum Gasteiger partial charge on any atom is 0.261 e. The summed E-state index contributed by atoms with van der Waals surface area (Å²) in [6, 6.07) is 4.00. The molecule has 0 bridgehead atoms.